The van der Waals surface area contributed by atoms with E-state index in [1.807, 2.05) is 30.0 Å². The molecule has 1 amide bonds. The second kappa shape index (κ2) is 11.6. The fourth-order valence-electron chi connectivity index (χ4n) is 5.79. The highest BCUT2D eigenvalue weighted by atomic mass is 16.4. The molecule has 204 valence electrons. The van der Waals surface area contributed by atoms with Crippen LogP contribution in [0.25, 0.3) is 0 Å². The number of rotatable bonds is 5. The lowest BCUT2D eigenvalue weighted by atomic mass is 9.93. The number of aromatic amines is 1. The molecule has 1 saturated heterocycles. The van der Waals surface area contributed by atoms with E-state index in [-0.39, 0.29) is 24.1 Å². The van der Waals surface area contributed by atoms with E-state index >= 15 is 0 Å². The highest BCUT2D eigenvalue weighted by Crippen LogP contribution is 2.32. The van der Waals surface area contributed by atoms with E-state index in [0.29, 0.717) is 30.6 Å². The number of carboxylic acid groups (broad SMARTS) is 1. The average molecular weight is 521 g/mol. The maximum absolute atomic E-state index is 13.4. The van der Waals surface area contributed by atoms with Gasteiger partial charge in [-0.25, -0.2) is 0 Å². The van der Waals surface area contributed by atoms with E-state index in [0.717, 1.165) is 54.7 Å². The number of carboxylic acids is 1. The highest BCUT2D eigenvalue weighted by molar-refractivity contribution is 5.97. The van der Waals surface area contributed by atoms with Gasteiger partial charge in [0.2, 0.25) is 0 Å². The van der Waals surface area contributed by atoms with Gasteiger partial charge in [0.1, 0.15) is 5.54 Å². The fourth-order valence-corrected chi connectivity index (χ4v) is 5.79. The van der Waals surface area contributed by atoms with Crippen LogP contribution in [0.2, 0.25) is 0 Å². The Bertz CT molecular complexity index is 1270. The second-order valence-corrected chi connectivity index (χ2v) is 10.9. The number of aryl methyl sites for hydroxylation is 2. The van der Waals surface area contributed by atoms with Gasteiger partial charge in [-0.3, -0.25) is 19.3 Å². The topological polar surface area (TPSA) is 106 Å². The molecule has 2 aliphatic heterocycles. The predicted molar refractivity (Wildman–Crippen MR) is 150 cm³/mol. The summed E-state index contributed by atoms with van der Waals surface area (Å²) in [6.07, 6.45) is 8.18. The summed E-state index contributed by atoms with van der Waals surface area (Å²) < 4.78 is 0. The molecule has 0 bridgehead atoms. The van der Waals surface area contributed by atoms with E-state index in [1.165, 1.54) is 0 Å². The highest BCUT2D eigenvalue weighted by Gasteiger charge is 2.38. The summed E-state index contributed by atoms with van der Waals surface area (Å²) in [4.78, 5) is 45.1. The number of piperidine rings is 1. The smallest absolute Gasteiger partial charge is 0.323 e. The third-order valence-electron chi connectivity index (χ3n) is 8.12. The number of pyridine rings is 1. The molecule has 1 aromatic carbocycles. The standard InChI is InChI=1S/C30H40N4O4/c1-5-34(22-14-16-33(17-15-22)30(3,4)29(37)38)26-13-9-12-24-23(26)11-8-6-7-10-21-18-20(2)32-28(36)25(21)19-31-27(24)35/h6,8-9,12-13,18,22H,5,7,10-11,14-17,19H2,1-4H3,(H,31,35)(H,32,36)(H,37,38)/b8-6-. The lowest BCUT2D eigenvalue weighted by Gasteiger charge is -2.44. The molecular weight excluding hydrogens is 480 g/mol. The Morgan fingerprint density at radius 3 is 2.58 bits per heavy atom. The predicted octanol–water partition coefficient (Wildman–Crippen LogP) is 3.81. The Morgan fingerprint density at radius 1 is 1.16 bits per heavy atom. The van der Waals surface area contributed by atoms with Crippen LogP contribution in [-0.4, -0.2) is 58.1 Å². The largest absolute Gasteiger partial charge is 0.480 e. The minimum Gasteiger partial charge on any atom is -0.480 e. The van der Waals surface area contributed by atoms with Crippen molar-refractivity contribution in [1.29, 1.82) is 0 Å². The van der Waals surface area contributed by atoms with Crippen LogP contribution in [0.5, 0.6) is 0 Å². The molecule has 1 aromatic heterocycles. The molecule has 0 radical (unpaired) electrons. The van der Waals surface area contributed by atoms with Gasteiger partial charge >= 0.3 is 5.97 Å². The molecule has 8 nitrogen and oxygen atoms in total. The van der Waals surface area contributed by atoms with Crippen LogP contribution in [0.3, 0.4) is 0 Å². The van der Waals surface area contributed by atoms with Crippen molar-refractivity contribution in [2.45, 2.75) is 77.9 Å². The van der Waals surface area contributed by atoms with Crippen LogP contribution in [0.1, 0.15) is 72.8 Å². The normalized spacial score (nSPS) is 18.4. The number of aliphatic carboxylic acids is 1. The Hall–Kier alpha value is -3.39. The summed E-state index contributed by atoms with van der Waals surface area (Å²) >= 11 is 0. The first-order valence-corrected chi connectivity index (χ1v) is 13.6. The van der Waals surface area contributed by atoms with Gasteiger partial charge in [-0.15, -0.1) is 0 Å². The molecule has 2 aromatic rings. The molecule has 0 saturated carbocycles. The van der Waals surface area contributed by atoms with Crippen molar-refractivity contribution in [2.75, 3.05) is 24.5 Å². The first-order valence-electron chi connectivity index (χ1n) is 13.6. The van der Waals surface area contributed by atoms with Crippen molar-refractivity contribution in [3.05, 3.63) is 74.7 Å². The van der Waals surface area contributed by atoms with Crippen LogP contribution in [0.4, 0.5) is 5.69 Å². The SMILES string of the molecule is CCN(c1cccc2c1C/C=C\CCc1cc(C)[nH]c(=O)c1CNC2=O)C1CCN(C(C)(C)C(=O)O)CC1. The lowest BCUT2D eigenvalue weighted by Crippen LogP contribution is -2.55. The van der Waals surface area contributed by atoms with E-state index in [4.69, 9.17) is 0 Å². The Morgan fingerprint density at radius 2 is 1.89 bits per heavy atom. The summed E-state index contributed by atoms with van der Waals surface area (Å²) in [6.45, 7) is 9.93. The monoisotopic (exact) mass is 520 g/mol. The molecule has 38 heavy (non-hydrogen) atoms. The number of allylic oxidation sites excluding steroid dienone is 2. The number of nitrogens with one attached hydrogen (secondary N) is 2. The second-order valence-electron chi connectivity index (χ2n) is 10.9. The van der Waals surface area contributed by atoms with Crippen molar-refractivity contribution in [3.63, 3.8) is 0 Å². The summed E-state index contributed by atoms with van der Waals surface area (Å²) in [7, 11) is 0. The summed E-state index contributed by atoms with van der Waals surface area (Å²) in [5.41, 5.74) is 4.03. The fraction of sp³-hybridized carbons (Fsp3) is 0.500. The van der Waals surface area contributed by atoms with E-state index in [1.54, 1.807) is 13.8 Å². The van der Waals surface area contributed by atoms with Gasteiger partial charge in [-0.1, -0.05) is 18.2 Å². The van der Waals surface area contributed by atoms with E-state index < -0.39 is 11.5 Å². The minimum atomic E-state index is -0.889. The number of amides is 1. The number of aromatic nitrogens is 1. The van der Waals surface area contributed by atoms with Gasteiger partial charge in [0.25, 0.3) is 11.5 Å². The Labute approximate surface area is 224 Å². The molecule has 3 N–H and O–H groups in total. The number of nitrogens with zero attached hydrogens (tertiary/aromatic N) is 2. The summed E-state index contributed by atoms with van der Waals surface area (Å²) in [5.74, 6) is -0.986. The van der Waals surface area contributed by atoms with Crippen molar-refractivity contribution in [3.8, 4) is 0 Å². The maximum atomic E-state index is 13.4. The zero-order valence-electron chi connectivity index (χ0n) is 23.0. The number of fused-ring (bicyclic) bond motifs is 2. The molecule has 2 aliphatic rings. The molecule has 1 fully saturated rings. The van der Waals surface area contributed by atoms with E-state index in [2.05, 4.69) is 40.3 Å². The number of hydrogen-bond acceptors (Lipinski definition) is 5. The van der Waals surface area contributed by atoms with Crippen molar-refractivity contribution in [1.82, 2.24) is 15.2 Å². The maximum Gasteiger partial charge on any atom is 0.323 e. The number of carbonyl (C=O) groups is 2. The Kier molecular flexibility index (Phi) is 8.41. The molecule has 8 heteroatoms. The quantitative estimate of drug-likeness (QED) is 0.518. The molecule has 0 atom stereocenters. The summed E-state index contributed by atoms with van der Waals surface area (Å²) in [5, 5.41) is 12.7. The van der Waals surface area contributed by atoms with Gasteiger partial charge in [-0.2, -0.15) is 0 Å². The van der Waals surface area contributed by atoms with Crippen LogP contribution in [-0.2, 0) is 24.2 Å². The number of hydrogen-bond donors (Lipinski definition) is 3. The van der Waals surface area contributed by atoms with Crippen molar-refractivity contribution in [2.24, 2.45) is 0 Å². The van der Waals surface area contributed by atoms with Gasteiger partial charge in [0.05, 0.1) is 0 Å². The molecule has 3 heterocycles. The molecule has 0 spiro atoms. The zero-order valence-corrected chi connectivity index (χ0v) is 23.0. The first kappa shape index (κ1) is 27.6. The minimum absolute atomic E-state index is 0.148. The average Bonchev–Trinajstić information content (AvgIpc) is 2.88. The van der Waals surface area contributed by atoms with Gasteiger partial charge in [-0.05, 0) is 89.1 Å². The lowest BCUT2D eigenvalue weighted by molar-refractivity contribution is -0.150. The van der Waals surface area contributed by atoms with Gasteiger partial charge in [0, 0.05) is 54.7 Å². The van der Waals surface area contributed by atoms with Gasteiger partial charge < -0.3 is 20.3 Å². The number of anilines is 1. The third kappa shape index (κ3) is 5.70. The van der Waals surface area contributed by atoms with Crippen molar-refractivity contribution >= 4 is 17.6 Å². The number of likely N-dealkylation sites (tertiary alicyclic amines) is 1. The van der Waals surface area contributed by atoms with E-state index in [9.17, 15) is 19.5 Å². The molecule has 0 unspecified atom stereocenters. The Balaban J connectivity index is 1.62. The zero-order chi connectivity index (χ0) is 27.4. The van der Waals surface area contributed by atoms with Crippen LogP contribution in [0.15, 0.2) is 41.2 Å². The number of benzene rings is 1. The van der Waals surface area contributed by atoms with Crippen LogP contribution >= 0.6 is 0 Å². The van der Waals surface area contributed by atoms with Gasteiger partial charge in [0.15, 0.2) is 0 Å². The van der Waals surface area contributed by atoms with Crippen LogP contribution in [0, 0.1) is 6.92 Å². The summed E-state index contributed by atoms with van der Waals surface area (Å²) in [6, 6.07) is 8.13. The number of H-pyrrole nitrogens is 1. The number of carbonyl (C=O) groups excluding carboxylic acids is 1. The molecule has 4 rings (SSSR count). The molecule has 0 aliphatic carbocycles. The first-order chi connectivity index (χ1) is 18.1. The third-order valence-corrected chi connectivity index (χ3v) is 8.12. The van der Waals surface area contributed by atoms with Crippen LogP contribution < -0.4 is 15.8 Å². The molecular formula is C30H40N4O4. The van der Waals surface area contributed by atoms with Crippen molar-refractivity contribution < 1.29 is 14.7 Å².